The number of benzene rings is 2. The lowest BCUT2D eigenvalue weighted by Gasteiger charge is -2.29. The van der Waals surface area contributed by atoms with E-state index in [1.165, 1.54) is 7.11 Å². The molecule has 10 nitrogen and oxygen atoms in total. The second-order valence-electron chi connectivity index (χ2n) is 8.91. The summed E-state index contributed by atoms with van der Waals surface area (Å²) < 4.78 is 33.6. The number of rotatable bonds is 8. The van der Waals surface area contributed by atoms with Crippen LogP contribution in [-0.4, -0.2) is 47.5 Å². The Bertz CT molecular complexity index is 1660. The van der Waals surface area contributed by atoms with Crippen LogP contribution in [-0.2, 0) is 10.0 Å². The third-order valence-corrected chi connectivity index (χ3v) is 7.22. The highest BCUT2D eigenvalue weighted by Gasteiger charge is 2.42. The molecule has 2 aromatic carbocycles. The molecule has 12 heteroatoms. The molecule has 2 unspecified atom stereocenters. The van der Waals surface area contributed by atoms with Gasteiger partial charge in [0, 0.05) is 35.5 Å². The van der Waals surface area contributed by atoms with Gasteiger partial charge in [0.15, 0.2) is 5.11 Å². The van der Waals surface area contributed by atoms with Gasteiger partial charge in [-0.25, -0.2) is 13.2 Å². The first kappa shape index (κ1) is 26.2. The first-order valence-corrected chi connectivity index (χ1v) is 14.1. The Labute approximate surface area is 230 Å². The molecule has 1 aliphatic rings. The van der Waals surface area contributed by atoms with E-state index >= 15 is 0 Å². The van der Waals surface area contributed by atoms with Crippen molar-refractivity contribution in [2.75, 3.05) is 23.0 Å². The van der Waals surface area contributed by atoms with E-state index in [0.29, 0.717) is 27.9 Å². The van der Waals surface area contributed by atoms with E-state index in [1.54, 1.807) is 42.6 Å². The van der Waals surface area contributed by atoms with Crippen LogP contribution >= 0.6 is 12.2 Å². The van der Waals surface area contributed by atoms with Crippen LogP contribution < -0.4 is 19.7 Å². The molecule has 2 atom stereocenters. The predicted octanol–water partition coefficient (Wildman–Crippen LogP) is 4.13. The van der Waals surface area contributed by atoms with E-state index in [2.05, 4.69) is 15.0 Å². The molecular formula is C27H25N5O5S2. The van der Waals surface area contributed by atoms with Crippen molar-refractivity contribution in [3.8, 4) is 11.4 Å². The van der Waals surface area contributed by atoms with Crippen LogP contribution in [0.15, 0.2) is 85.2 Å². The Morgan fingerprint density at radius 2 is 1.90 bits per heavy atom. The predicted molar refractivity (Wildman–Crippen MR) is 152 cm³/mol. The minimum Gasteiger partial charge on any atom is -0.494 e. The molecule has 1 fully saturated rings. The summed E-state index contributed by atoms with van der Waals surface area (Å²) in [6.07, 6.45) is 4.65. The van der Waals surface area contributed by atoms with E-state index in [-0.39, 0.29) is 11.6 Å². The molecule has 200 valence electrons. The number of ether oxygens (including phenoxy) is 1. The number of pyridine rings is 1. The zero-order valence-corrected chi connectivity index (χ0v) is 22.6. The average Bonchev–Trinajstić information content (AvgIpc) is 3.53. The number of carbonyl (C=O) groups is 1. The van der Waals surface area contributed by atoms with Gasteiger partial charge in [0.05, 0.1) is 36.4 Å². The molecule has 4 aromatic rings. The van der Waals surface area contributed by atoms with Gasteiger partial charge in [-0.15, -0.1) is 0 Å². The van der Waals surface area contributed by atoms with Gasteiger partial charge in [0.2, 0.25) is 10.0 Å². The SMILES string of the molecule is COc1cc(N2C(=S)NC(c3ccccn3)C2c2cccn2-c2cccc(C(=O)O)c2)ccc1NS(C)(=O)=O. The van der Waals surface area contributed by atoms with E-state index in [1.807, 2.05) is 52.1 Å². The van der Waals surface area contributed by atoms with Crippen molar-refractivity contribution in [1.82, 2.24) is 14.9 Å². The molecule has 3 heterocycles. The zero-order chi connectivity index (χ0) is 27.7. The van der Waals surface area contributed by atoms with E-state index in [4.69, 9.17) is 17.0 Å². The molecule has 0 radical (unpaired) electrons. The number of hydrogen-bond acceptors (Lipinski definition) is 6. The molecule has 0 spiro atoms. The molecular weight excluding hydrogens is 538 g/mol. The molecule has 1 aliphatic heterocycles. The standard InChI is InChI=1S/C27H25N5O5S2/c1-37-23-16-19(11-12-20(23)30-39(2,35)36)32-25(24(29-27(32)38)21-9-3-4-13-28-21)22-10-6-14-31(22)18-8-5-7-17(15-18)26(33)34/h3-16,24-25,30H,1-2H3,(H,29,38)(H,33,34). The maximum Gasteiger partial charge on any atom is 0.335 e. The summed E-state index contributed by atoms with van der Waals surface area (Å²) >= 11 is 5.81. The van der Waals surface area contributed by atoms with Crippen LogP contribution in [0.2, 0.25) is 0 Å². The van der Waals surface area contributed by atoms with Gasteiger partial charge in [0.1, 0.15) is 11.8 Å². The first-order chi connectivity index (χ1) is 18.7. The van der Waals surface area contributed by atoms with Crippen molar-refractivity contribution in [1.29, 1.82) is 0 Å². The van der Waals surface area contributed by atoms with Crippen molar-refractivity contribution >= 4 is 44.7 Å². The van der Waals surface area contributed by atoms with E-state index in [0.717, 1.165) is 17.6 Å². The Balaban J connectivity index is 1.65. The third kappa shape index (κ3) is 5.29. The summed E-state index contributed by atoms with van der Waals surface area (Å²) in [5.41, 5.74) is 3.41. The number of sulfonamides is 1. The summed E-state index contributed by atoms with van der Waals surface area (Å²) in [4.78, 5) is 18.1. The number of hydrogen-bond donors (Lipinski definition) is 3. The van der Waals surface area contributed by atoms with Gasteiger partial charge in [-0.3, -0.25) is 9.71 Å². The number of carboxylic acid groups (broad SMARTS) is 1. The van der Waals surface area contributed by atoms with Crippen LogP contribution in [0.3, 0.4) is 0 Å². The number of aromatic nitrogens is 2. The number of thiocarbonyl (C=S) groups is 1. The van der Waals surface area contributed by atoms with Crippen LogP contribution in [0.5, 0.6) is 5.75 Å². The van der Waals surface area contributed by atoms with Gasteiger partial charge < -0.3 is 24.6 Å². The maximum atomic E-state index is 11.9. The van der Waals surface area contributed by atoms with Crippen molar-refractivity contribution < 1.29 is 23.1 Å². The maximum absolute atomic E-state index is 11.9. The lowest BCUT2D eigenvalue weighted by molar-refractivity contribution is 0.0697. The number of aromatic carboxylic acids is 1. The summed E-state index contributed by atoms with van der Waals surface area (Å²) in [6.45, 7) is 0. The molecule has 5 rings (SSSR count). The minimum atomic E-state index is -3.52. The zero-order valence-electron chi connectivity index (χ0n) is 21.0. The van der Waals surface area contributed by atoms with Crippen LogP contribution in [0.25, 0.3) is 5.69 Å². The first-order valence-electron chi connectivity index (χ1n) is 11.8. The minimum absolute atomic E-state index is 0.170. The molecule has 0 saturated carbocycles. The quantitative estimate of drug-likeness (QED) is 0.271. The number of nitrogens with zero attached hydrogens (tertiary/aromatic N) is 3. The fourth-order valence-corrected chi connectivity index (χ4v) is 5.62. The van der Waals surface area contributed by atoms with Gasteiger partial charge in [-0.1, -0.05) is 12.1 Å². The topological polar surface area (TPSA) is 126 Å². The van der Waals surface area contributed by atoms with Crippen molar-refractivity contribution in [3.05, 3.63) is 102 Å². The molecule has 0 aliphatic carbocycles. The Morgan fingerprint density at radius 1 is 1.08 bits per heavy atom. The molecule has 39 heavy (non-hydrogen) atoms. The number of methoxy groups -OCH3 is 1. The monoisotopic (exact) mass is 563 g/mol. The van der Waals surface area contributed by atoms with Crippen molar-refractivity contribution in [2.24, 2.45) is 0 Å². The highest BCUT2D eigenvalue weighted by Crippen LogP contribution is 2.44. The second kappa shape index (κ2) is 10.4. The normalized spacial score (nSPS) is 17.1. The summed E-state index contributed by atoms with van der Waals surface area (Å²) in [5.74, 6) is -0.692. The number of nitrogens with one attached hydrogen (secondary N) is 2. The highest BCUT2D eigenvalue weighted by molar-refractivity contribution is 7.92. The van der Waals surface area contributed by atoms with Crippen molar-refractivity contribution in [3.63, 3.8) is 0 Å². The molecule has 1 saturated heterocycles. The van der Waals surface area contributed by atoms with Gasteiger partial charge in [-0.05, 0) is 66.8 Å². The molecule has 0 bridgehead atoms. The largest absolute Gasteiger partial charge is 0.494 e. The summed E-state index contributed by atoms with van der Waals surface area (Å²) in [7, 11) is -2.06. The highest BCUT2D eigenvalue weighted by atomic mass is 32.2. The molecule has 3 N–H and O–H groups in total. The lowest BCUT2D eigenvalue weighted by Crippen LogP contribution is -2.30. The van der Waals surface area contributed by atoms with Crippen LogP contribution in [0.1, 0.15) is 33.8 Å². The van der Waals surface area contributed by atoms with E-state index in [9.17, 15) is 18.3 Å². The average molecular weight is 564 g/mol. The van der Waals surface area contributed by atoms with Gasteiger partial charge >= 0.3 is 5.97 Å². The Hall–Kier alpha value is -4.42. The van der Waals surface area contributed by atoms with Crippen LogP contribution in [0.4, 0.5) is 11.4 Å². The molecule has 0 amide bonds. The van der Waals surface area contributed by atoms with Crippen LogP contribution in [0, 0.1) is 0 Å². The summed E-state index contributed by atoms with van der Waals surface area (Å²) in [5, 5.41) is 13.4. The lowest BCUT2D eigenvalue weighted by atomic mass is 10.0. The van der Waals surface area contributed by atoms with Crippen molar-refractivity contribution in [2.45, 2.75) is 12.1 Å². The Kier molecular flexibility index (Phi) is 6.98. The third-order valence-electron chi connectivity index (χ3n) is 6.31. The smallest absolute Gasteiger partial charge is 0.335 e. The fourth-order valence-electron chi connectivity index (χ4n) is 4.71. The fraction of sp³-hybridized carbons (Fsp3) is 0.148. The van der Waals surface area contributed by atoms with Gasteiger partial charge in [-0.2, -0.15) is 0 Å². The van der Waals surface area contributed by atoms with Gasteiger partial charge in [0.25, 0.3) is 0 Å². The number of anilines is 2. The summed E-state index contributed by atoms with van der Waals surface area (Å²) in [6, 6.07) is 20.5. The second-order valence-corrected chi connectivity index (χ2v) is 11.0. The number of carboxylic acids is 1. The molecule has 2 aromatic heterocycles. The van der Waals surface area contributed by atoms with E-state index < -0.39 is 22.0 Å². The Morgan fingerprint density at radius 3 is 2.59 bits per heavy atom.